The summed E-state index contributed by atoms with van der Waals surface area (Å²) < 4.78 is 10.5. The number of halogens is 1. The summed E-state index contributed by atoms with van der Waals surface area (Å²) in [5, 5.41) is 23.7. The maximum atomic E-state index is 12.1. The van der Waals surface area contributed by atoms with Crippen molar-refractivity contribution in [3.8, 4) is 11.5 Å². The zero-order valence-corrected chi connectivity index (χ0v) is 14.2. The molecule has 1 heterocycles. The molecule has 0 radical (unpaired) electrons. The van der Waals surface area contributed by atoms with Crippen molar-refractivity contribution in [3.63, 3.8) is 0 Å². The lowest BCUT2D eigenvalue weighted by molar-refractivity contribution is -0.384. The number of carbonyl (C=O) groups is 1. The predicted octanol–water partition coefficient (Wildman–Crippen LogP) is 2.83. The van der Waals surface area contributed by atoms with Crippen LogP contribution in [0.1, 0.15) is 28.4 Å². The summed E-state index contributed by atoms with van der Waals surface area (Å²) >= 11 is 5.72. The fourth-order valence-corrected chi connectivity index (χ4v) is 2.69. The Kier molecular flexibility index (Phi) is 5.24. The molecule has 0 aliphatic carbocycles. The van der Waals surface area contributed by atoms with Crippen molar-refractivity contribution in [3.05, 3.63) is 62.7 Å². The van der Waals surface area contributed by atoms with E-state index in [0.717, 1.165) is 6.07 Å². The summed E-state index contributed by atoms with van der Waals surface area (Å²) in [7, 11) is 0. The average Bonchev–Trinajstić information content (AvgIpc) is 3.09. The molecular weight excluding hydrogens is 364 g/mol. The number of benzene rings is 2. The largest absolute Gasteiger partial charge is 0.454 e. The lowest BCUT2D eigenvalue weighted by atomic mass is 10.1. The minimum atomic E-state index is -0.802. The average molecular weight is 379 g/mol. The highest BCUT2D eigenvalue weighted by molar-refractivity contribution is 6.32. The second kappa shape index (κ2) is 7.59. The number of hydrogen-bond acceptors (Lipinski definition) is 6. The molecule has 1 aliphatic rings. The molecule has 0 bridgehead atoms. The number of ether oxygens (including phenoxy) is 2. The fraction of sp³-hybridized carbons (Fsp3) is 0.235. The van der Waals surface area contributed by atoms with Crippen molar-refractivity contribution >= 4 is 23.2 Å². The molecule has 2 aromatic carbocycles. The van der Waals surface area contributed by atoms with E-state index in [1.165, 1.54) is 12.1 Å². The van der Waals surface area contributed by atoms with Gasteiger partial charge in [-0.25, -0.2) is 0 Å². The molecule has 3 rings (SSSR count). The molecule has 1 amide bonds. The molecule has 2 aromatic rings. The number of aliphatic hydroxyl groups is 1. The minimum absolute atomic E-state index is 0.0372. The SMILES string of the molecule is O=C(NCCC(O)c1ccc2c(c1)OCO2)c1ccc(Cl)c([N+](=O)[O-])c1. The van der Waals surface area contributed by atoms with Gasteiger partial charge >= 0.3 is 0 Å². The van der Waals surface area contributed by atoms with Crippen LogP contribution in [0.4, 0.5) is 5.69 Å². The Bertz CT molecular complexity index is 857. The van der Waals surface area contributed by atoms with Crippen LogP contribution in [0.2, 0.25) is 5.02 Å². The van der Waals surface area contributed by atoms with Gasteiger partial charge in [0.15, 0.2) is 11.5 Å². The quantitative estimate of drug-likeness (QED) is 0.590. The molecule has 136 valence electrons. The lowest BCUT2D eigenvalue weighted by Crippen LogP contribution is -2.25. The van der Waals surface area contributed by atoms with E-state index in [-0.39, 0.29) is 36.0 Å². The van der Waals surface area contributed by atoms with Crippen LogP contribution in [0.25, 0.3) is 0 Å². The number of nitro benzene ring substituents is 1. The third-order valence-corrected chi connectivity index (χ3v) is 4.21. The summed E-state index contributed by atoms with van der Waals surface area (Å²) in [6.45, 7) is 0.336. The number of carbonyl (C=O) groups excluding carboxylic acids is 1. The Balaban J connectivity index is 1.57. The Hall–Kier alpha value is -2.84. The van der Waals surface area contributed by atoms with Gasteiger partial charge in [-0.15, -0.1) is 0 Å². The number of nitro groups is 1. The number of rotatable bonds is 6. The smallest absolute Gasteiger partial charge is 0.288 e. The first-order valence-electron chi connectivity index (χ1n) is 7.75. The molecule has 0 saturated heterocycles. The highest BCUT2D eigenvalue weighted by atomic mass is 35.5. The monoisotopic (exact) mass is 378 g/mol. The molecule has 8 nitrogen and oxygen atoms in total. The number of nitrogens with one attached hydrogen (secondary N) is 1. The number of aliphatic hydroxyl groups excluding tert-OH is 1. The molecule has 0 fully saturated rings. The van der Waals surface area contributed by atoms with E-state index < -0.39 is 16.9 Å². The van der Waals surface area contributed by atoms with Crippen LogP contribution in [0.5, 0.6) is 11.5 Å². The summed E-state index contributed by atoms with van der Waals surface area (Å²) in [5.74, 6) is 0.709. The van der Waals surface area contributed by atoms with E-state index in [0.29, 0.717) is 17.1 Å². The summed E-state index contributed by atoms with van der Waals surface area (Å²) in [6, 6.07) is 8.95. The molecule has 9 heteroatoms. The Morgan fingerprint density at radius 3 is 2.81 bits per heavy atom. The van der Waals surface area contributed by atoms with Gasteiger partial charge in [-0.3, -0.25) is 14.9 Å². The van der Waals surface area contributed by atoms with E-state index in [4.69, 9.17) is 21.1 Å². The molecule has 0 saturated carbocycles. The molecule has 0 spiro atoms. The van der Waals surface area contributed by atoms with E-state index in [9.17, 15) is 20.0 Å². The van der Waals surface area contributed by atoms with Crippen LogP contribution >= 0.6 is 11.6 Å². The molecule has 2 N–H and O–H groups in total. The maximum absolute atomic E-state index is 12.1. The Morgan fingerprint density at radius 2 is 2.04 bits per heavy atom. The Labute approximate surface area is 153 Å². The molecular formula is C17H15ClN2O6. The van der Waals surface area contributed by atoms with Gasteiger partial charge < -0.3 is 19.9 Å². The summed E-state index contributed by atoms with van der Waals surface area (Å²) in [5.41, 5.74) is 0.434. The second-order valence-electron chi connectivity index (χ2n) is 5.60. The second-order valence-corrected chi connectivity index (χ2v) is 6.00. The van der Waals surface area contributed by atoms with E-state index >= 15 is 0 Å². The van der Waals surface area contributed by atoms with Gasteiger partial charge in [-0.1, -0.05) is 17.7 Å². The molecule has 1 unspecified atom stereocenters. The maximum Gasteiger partial charge on any atom is 0.288 e. The van der Waals surface area contributed by atoms with Gasteiger partial charge in [-0.2, -0.15) is 0 Å². The van der Waals surface area contributed by atoms with E-state index in [2.05, 4.69) is 5.32 Å². The first-order chi connectivity index (χ1) is 12.5. The van der Waals surface area contributed by atoms with Crippen LogP contribution < -0.4 is 14.8 Å². The number of fused-ring (bicyclic) bond motifs is 1. The third-order valence-electron chi connectivity index (χ3n) is 3.89. The van der Waals surface area contributed by atoms with Crippen molar-refractivity contribution in [1.29, 1.82) is 0 Å². The lowest BCUT2D eigenvalue weighted by Gasteiger charge is -2.12. The van der Waals surface area contributed by atoms with Crippen molar-refractivity contribution in [2.75, 3.05) is 13.3 Å². The van der Waals surface area contributed by atoms with Crippen LogP contribution in [-0.4, -0.2) is 29.3 Å². The number of hydrogen-bond donors (Lipinski definition) is 2. The number of amides is 1. The van der Waals surface area contributed by atoms with Gasteiger partial charge in [0, 0.05) is 18.2 Å². The molecule has 1 atom stereocenters. The fourth-order valence-electron chi connectivity index (χ4n) is 2.51. The zero-order chi connectivity index (χ0) is 18.7. The predicted molar refractivity (Wildman–Crippen MR) is 92.6 cm³/mol. The van der Waals surface area contributed by atoms with Crippen molar-refractivity contribution < 1.29 is 24.3 Å². The number of nitrogens with zero attached hydrogens (tertiary/aromatic N) is 1. The molecule has 1 aliphatic heterocycles. The normalized spacial score (nSPS) is 13.3. The van der Waals surface area contributed by atoms with E-state index in [1.54, 1.807) is 18.2 Å². The Morgan fingerprint density at radius 1 is 1.27 bits per heavy atom. The van der Waals surface area contributed by atoms with Gasteiger partial charge in [0.25, 0.3) is 11.6 Å². The minimum Gasteiger partial charge on any atom is -0.454 e. The zero-order valence-electron chi connectivity index (χ0n) is 13.5. The van der Waals surface area contributed by atoms with Crippen molar-refractivity contribution in [1.82, 2.24) is 5.32 Å². The van der Waals surface area contributed by atoms with Crippen LogP contribution in [0, 0.1) is 10.1 Å². The third kappa shape index (κ3) is 3.87. The highest BCUT2D eigenvalue weighted by Gasteiger charge is 2.18. The first kappa shape index (κ1) is 18.0. The van der Waals surface area contributed by atoms with Crippen molar-refractivity contribution in [2.45, 2.75) is 12.5 Å². The van der Waals surface area contributed by atoms with E-state index in [1.807, 2.05) is 0 Å². The van der Waals surface area contributed by atoms with Crippen molar-refractivity contribution in [2.24, 2.45) is 0 Å². The topological polar surface area (TPSA) is 111 Å². The van der Waals surface area contributed by atoms with Crippen LogP contribution in [0.15, 0.2) is 36.4 Å². The molecule has 26 heavy (non-hydrogen) atoms. The molecule has 0 aromatic heterocycles. The highest BCUT2D eigenvalue weighted by Crippen LogP contribution is 2.34. The summed E-state index contributed by atoms with van der Waals surface area (Å²) in [4.78, 5) is 22.3. The van der Waals surface area contributed by atoms with Gasteiger partial charge in [0.1, 0.15) is 5.02 Å². The standard InChI is InChI=1S/C17H15ClN2O6/c18-12-3-1-11(7-13(12)20(23)24)17(22)19-6-5-14(21)10-2-4-15-16(8-10)26-9-25-15/h1-4,7-8,14,21H,5-6,9H2,(H,19,22). The van der Waals surface area contributed by atoms with Crippen LogP contribution in [0.3, 0.4) is 0 Å². The first-order valence-corrected chi connectivity index (χ1v) is 8.13. The van der Waals surface area contributed by atoms with Crippen LogP contribution in [-0.2, 0) is 0 Å². The van der Waals surface area contributed by atoms with Gasteiger partial charge in [0.05, 0.1) is 11.0 Å². The summed E-state index contributed by atoms with van der Waals surface area (Å²) in [6.07, 6.45) is -0.537. The van der Waals surface area contributed by atoms with Gasteiger partial charge in [0.2, 0.25) is 6.79 Å². The van der Waals surface area contributed by atoms with Gasteiger partial charge in [-0.05, 0) is 36.2 Å².